The van der Waals surface area contributed by atoms with Crippen molar-refractivity contribution in [3.05, 3.63) is 57.3 Å². The Labute approximate surface area is 143 Å². The van der Waals surface area contributed by atoms with Crippen LogP contribution in [-0.2, 0) is 22.9 Å². The van der Waals surface area contributed by atoms with Crippen molar-refractivity contribution in [3.8, 4) is 0 Å². The molecule has 0 fully saturated rings. The van der Waals surface area contributed by atoms with Crippen LogP contribution < -0.4 is 0 Å². The van der Waals surface area contributed by atoms with Crippen LogP contribution >= 0.6 is 11.3 Å². The van der Waals surface area contributed by atoms with E-state index in [9.17, 15) is 18.0 Å². The second-order valence-corrected chi connectivity index (χ2v) is 7.75. The average molecular weight is 355 g/mol. The first-order valence-corrected chi connectivity index (χ1v) is 8.32. The van der Waals surface area contributed by atoms with E-state index in [1.807, 2.05) is 19.1 Å². The van der Waals surface area contributed by atoms with Crippen molar-refractivity contribution in [1.29, 1.82) is 0 Å². The van der Waals surface area contributed by atoms with Gasteiger partial charge in [-0.15, -0.1) is 11.3 Å². The molecule has 0 aliphatic heterocycles. The van der Waals surface area contributed by atoms with Gasteiger partial charge < -0.3 is 4.90 Å². The number of aryl methyl sites for hydroxylation is 1. The van der Waals surface area contributed by atoms with Gasteiger partial charge in [0.05, 0.1) is 17.5 Å². The molecule has 2 nitrogen and oxygen atoms in total. The van der Waals surface area contributed by atoms with Crippen LogP contribution in [0.25, 0.3) is 0 Å². The van der Waals surface area contributed by atoms with E-state index in [0.29, 0.717) is 12.1 Å². The monoisotopic (exact) mass is 355 g/mol. The zero-order chi connectivity index (χ0) is 18.1. The number of likely N-dealkylation sites (N-methyl/N-ethyl adjacent to an activating group) is 1. The van der Waals surface area contributed by atoms with Crippen molar-refractivity contribution >= 4 is 17.2 Å². The van der Waals surface area contributed by atoms with Crippen LogP contribution in [0.2, 0.25) is 0 Å². The van der Waals surface area contributed by atoms with Crippen LogP contribution in [0.5, 0.6) is 0 Å². The number of carbonyl (C=O) groups is 1. The Morgan fingerprint density at radius 1 is 1.12 bits per heavy atom. The van der Waals surface area contributed by atoms with E-state index in [1.165, 1.54) is 6.07 Å². The molecule has 1 heterocycles. The maximum absolute atomic E-state index is 12.9. The summed E-state index contributed by atoms with van der Waals surface area (Å²) in [5.74, 6) is -0.215. The quantitative estimate of drug-likeness (QED) is 0.755. The first-order valence-electron chi connectivity index (χ1n) is 7.50. The SMILES string of the molecule is Cc1ccc(CN(C)C(=O)C(C)(C)c2cccc(C(F)(F)F)c2)s1. The lowest BCUT2D eigenvalue weighted by Crippen LogP contribution is -2.41. The highest BCUT2D eigenvalue weighted by Gasteiger charge is 2.36. The highest BCUT2D eigenvalue weighted by molar-refractivity contribution is 7.11. The molecule has 0 spiro atoms. The normalized spacial score (nSPS) is 12.3. The number of benzene rings is 1. The molecule has 0 aliphatic rings. The van der Waals surface area contributed by atoms with Crippen molar-refractivity contribution in [2.45, 2.75) is 38.9 Å². The molecule has 2 aromatic rings. The van der Waals surface area contributed by atoms with Crippen molar-refractivity contribution < 1.29 is 18.0 Å². The molecule has 0 N–H and O–H groups in total. The fourth-order valence-electron chi connectivity index (χ4n) is 2.56. The molecule has 24 heavy (non-hydrogen) atoms. The van der Waals surface area contributed by atoms with E-state index >= 15 is 0 Å². The van der Waals surface area contributed by atoms with E-state index in [0.717, 1.165) is 21.9 Å². The highest BCUT2D eigenvalue weighted by Crippen LogP contribution is 2.33. The number of alkyl halides is 3. The summed E-state index contributed by atoms with van der Waals surface area (Å²) in [5.41, 5.74) is -1.42. The average Bonchev–Trinajstić information content (AvgIpc) is 2.90. The minimum atomic E-state index is -4.42. The van der Waals surface area contributed by atoms with Crippen molar-refractivity contribution in [1.82, 2.24) is 4.90 Å². The molecular formula is C18H20F3NOS. The maximum atomic E-state index is 12.9. The number of amides is 1. The molecule has 0 aliphatic carbocycles. The van der Waals surface area contributed by atoms with Gasteiger partial charge in [0, 0.05) is 16.8 Å². The van der Waals surface area contributed by atoms with Gasteiger partial charge >= 0.3 is 6.18 Å². The van der Waals surface area contributed by atoms with Crippen LogP contribution in [0.15, 0.2) is 36.4 Å². The molecule has 0 atom stereocenters. The molecule has 0 radical (unpaired) electrons. The molecular weight excluding hydrogens is 335 g/mol. The Morgan fingerprint density at radius 2 is 1.75 bits per heavy atom. The van der Waals surface area contributed by atoms with E-state index < -0.39 is 17.2 Å². The topological polar surface area (TPSA) is 20.3 Å². The van der Waals surface area contributed by atoms with E-state index in [-0.39, 0.29) is 5.91 Å². The highest BCUT2D eigenvalue weighted by atomic mass is 32.1. The third kappa shape index (κ3) is 3.98. The Hall–Kier alpha value is -1.82. The standard InChI is InChI=1S/C18H20F3NOS/c1-12-8-9-15(24-12)11-22(4)16(23)17(2,3)13-6-5-7-14(10-13)18(19,20)21/h5-10H,11H2,1-4H3. The number of hydrogen-bond acceptors (Lipinski definition) is 2. The lowest BCUT2D eigenvalue weighted by molar-refractivity contribution is -0.138. The zero-order valence-electron chi connectivity index (χ0n) is 14.1. The summed E-state index contributed by atoms with van der Waals surface area (Å²) in [6.45, 7) is 5.74. The number of halogens is 3. The predicted octanol–water partition coefficient (Wildman–Crippen LogP) is 5.01. The summed E-state index contributed by atoms with van der Waals surface area (Å²) >= 11 is 1.60. The summed E-state index contributed by atoms with van der Waals surface area (Å²) in [4.78, 5) is 16.5. The molecule has 6 heteroatoms. The smallest absolute Gasteiger partial charge is 0.340 e. The van der Waals surface area contributed by atoms with Gasteiger partial charge in [-0.2, -0.15) is 13.2 Å². The fourth-order valence-corrected chi connectivity index (χ4v) is 3.50. The van der Waals surface area contributed by atoms with Crippen LogP contribution in [-0.4, -0.2) is 17.9 Å². The molecule has 0 saturated carbocycles. The number of hydrogen-bond donors (Lipinski definition) is 0. The summed E-state index contributed by atoms with van der Waals surface area (Å²) in [6.07, 6.45) is -4.42. The molecule has 1 aromatic carbocycles. The molecule has 1 amide bonds. The molecule has 0 unspecified atom stereocenters. The molecule has 0 saturated heterocycles. The van der Waals surface area contributed by atoms with Crippen LogP contribution in [0, 0.1) is 6.92 Å². The number of thiophene rings is 1. The van der Waals surface area contributed by atoms with Gasteiger partial charge in [0.15, 0.2) is 0 Å². The van der Waals surface area contributed by atoms with E-state index in [1.54, 1.807) is 43.2 Å². The lowest BCUT2D eigenvalue weighted by Gasteiger charge is -2.30. The summed E-state index contributed by atoms with van der Waals surface area (Å²) in [5, 5.41) is 0. The van der Waals surface area contributed by atoms with Crippen LogP contribution in [0.1, 0.15) is 34.7 Å². The summed E-state index contributed by atoms with van der Waals surface area (Å²) in [6, 6.07) is 8.92. The molecule has 130 valence electrons. The zero-order valence-corrected chi connectivity index (χ0v) is 14.9. The maximum Gasteiger partial charge on any atom is 0.416 e. The van der Waals surface area contributed by atoms with Crippen molar-refractivity contribution in [3.63, 3.8) is 0 Å². The third-order valence-corrected chi connectivity index (χ3v) is 4.97. The fraction of sp³-hybridized carbons (Fsp3) is 0.389. The summed E-state index contributed by atoms with van der Waals surface area (Å²) in [7, 11) is 1.67. The first-order chi connectivity index (χ1) is 11.0. The van der Waals surface area contributed by atoms with Gasteiger partial charge in [-0.25, -0.2) is 0 Å². The Bertz CT molecular complexity index is 734. The summed E-state index contributed by atoms with van der Waals surface area (Å²) < 4.78 is 38.7. The second kappa shape index (κ2) is 6.59. The van der Waals surface area contributed by atoms with Crippen LogP contribution in [0.3, 0.4) is 0 Å². The molecule has 2 rings (SSSR count). The van der Waals surface area contributed by atoms with Crippen molar-refractivity contribution in [2.24, 2.45) is 0 Å². The Morgan fingerprint density at radius 3 is 2.29 bits per heavy atom. The Balaban J connectivity index is 2.23. The van der Waals surface area contributed by atoms with Gasteiger partial charge in [0.2, 0.25) is 5.91 Å². The van der Waals surface area contributed by atoms with Gasteiger partial charge in [0.1, 0.15) is 0 Å². The minimum absolute atomic E-state index is 0.215. The van der Waals surface area contributed by atoms with Crippen molar-refractivity contribution in [2.75, 3.05) is 7.05 Å². The number of nitrogens with zero attached hydrogens (tertiary/aromatic N) is 1. The second-order valence-electron chi connectivity index (χ2n) is 6.38. The van der Waals surface area contributed by atoms with Gasteiger partial charge in [-0.1, -0.05) is 18.2 Å². The Kier molecular flexibility index (Phi) is 5.08. The minimum Gasteiger partial charge on any atom is -0.340 e. The first kappa shape index (κ1) is 18.5. The van der Waals surface area contributed by atoms with Gasteiger partial charge in [-0.05, 0) is 44.5 Å². The lowest BCUT2D eigenvalue weighted by atomic mass is 9.82. The number of rotatable bonds is 4. The van der Waals surface area contributed by atoms with Gasteiger partial charge in [-0.3, -0.25) is 4.79 Å². The molecule has 0 bridgehead atoms. The predicted molar refractivity (Wildman–Crippen MR) is 90.0 cm³/mol. The van der Waals surface area contributed by atoms with Crippen LogP contribution in [0.4, 0.5) is 13.2 Å². The van der Waals surface area contributed by atoms with E-state index in [2.05, 4.69) is 0 Å². The largest absolute Gasteiger partial charge is 0.416 e. The van der Waals surface area contributed by atoms with E-state index in [4.69, 9.17) is 0 Å². The van der Waals surface area contributed by atoms with Gasteiger partial charge in [0.25, 0.3) is 0 Å². The molecule has 1 aromatic heterocycles. The third-order valence-electron chi connectivity index (χ3n) is 3.98. The number of carbonyl (C=O) groups excluding carboxylic acids is 1.